The maximum absolute atomic E-state index is 12.5. The van der Waals surface area contributed by atoms with Crippen LogP contribution < -0.4 is 0 Å². The molecule has 2 fully saturated rings. The van der Waals surface area contributed by atoms with E-state index in [2.05, 4.69) is 16.8 Å². The van der Waals surface area contributed by atoms with Crippen LogP contribution in [0.25, 0.3) is 0 Å². The van der Waals surface area contributed by atoms with Gasteiger partial charge in [0.15, 0.2) is 0 Å². The summed E-state index contributed by atoms with van der Waals surface area (Å²) >= 11 is 5.77. The summed E-state index contributed by atoms with van der Waals surface area (Å²) < 4.78 is 0. The molecule has 0 aliphatic carbocycles. The maximum atomic E-state index is 12.5. The quantitative estimate of drug-likeness (QED) is 0.769. The Balaban J connectivity index is 1.49. The van der Waals surface area contributed by atoms with Gasteiger partial charge >= 0.3 is 0 Å². The number of rotatable bonds is 3. The Morgan fingerprint density at radius 1 is 1.16 bits per heavy atom. The summed E-state index contributed by atoms with van der Waals surface area (Å²) in [6.07, 6.45) is 4.93. The van der Waals surface area contributed by atoms with Crippen molar-refractivity contribution in [3.8, 4) is 0 Å². The molecule has 1 atom stereocenters. The lowest BCUT2D eigenvalue weighted by Gasteiger charge is -2.38. The molecule has 0 N–H and O–H groups in total. The molecule has 25 heavy (non-hydrogen) atoms. The van der Waals surface area contributed by atoms with Crippen LogP contribution in [0, 0.1) is 0 Å². The normalized spacial score (nSPS) is 22.1. The van der Waals surface area contributed by atoms with Gasteiger partial charge in [0.25, 0.3) is 5.91 Å². The summed E-state index contributed by atoms with van der Waals surface area (Å²) in [5.41, 5.74) is 0.552. The number of carbonyl (C=O) groups excluding carboxylic acids is 2. The highest BCUT2D eigenvalue weighted by molar-refractivity contribution is 6.29. The highest BCUT2D eigenvalue weighted by atomic mass is 35.5. The van der Waals surface area contributed by atoms with Crippen molar-refractivity contribution < 1.29 is 9.59 Å². The van der Waals surface area contributed by atoms with Crippen LogP contribution in [0.2, 0.25) is 5.15 Å². The second kappa shape index (κ2) is 8.15. The van der Waals surface area contributed by atoms with E-state index in [4.69, 9.17) is 11.6 Å². The zero-order valence-electron chi connectivity index (χ0n) is 14.7. The van der Waals surface area contributed by atoms with Crippen LogP contribution in [0.5, 0.6) is 0 Å². The van der Waals surface area contributed by atoms with Crippen LogP contribution in [0.4, 0.5) is 0 Å². The summed E-state index contributed by atoms with van der Waals surface area (Å²) in [4.78, 5) is 34.9. The zero-order chi connectivity index (χ0) is 17.8. The van der Waals surface area contributed by atoms with Crippen molar-refractivity contribution in [2.24, 2.45) is 0 Å². The molecule has 0 bridgehead atoms. The van der Waals surface area contributed by atoms with E-state index >= 15 is 0 Å². The Kier molecular flexibility index (Phi) is 5.91. The van der Waals surface area contributed by atoms with E-state index in [-0.39, 0.29) is 11.8 Å². The summed E-state index contributed by atoms with van der Waals surface area (Å²) in [6, 6.07) is 3.68. The average molecular weight is 365 g/mol. The number of piperidine rings is 1. The summed E-state index contributed by atoms with van der Waals surface area (Å²) in [7, 11) is 0. The third-order valence-corrected chi connectivity index (χ3v) is 5.34. The van der Waals surface area contributed by atoms with Gasteiger partial charge in [0.2, 0.25) is 5.91 Å². The Morgan fingerprint density at radius 3 is 2.56 bits per heavy atom. The van der Waals surface area contributed by atoms with Crippen LogP contribution in [0.3, 0.4) is 0 Å². The van der Waals surface area contributed by atoms with Gasteiger partial charge in [-0.3, -0.25) is 14.5 Å². The first-order chi connectivity index (χ1) is 12.0. The highest BCUT2D eigenvalue weighted by Crippen LogP contribution is 2.17. The van der Waals surface area contributed by atoms with Gasteiger partial charge < -0.3 is 9.80 Å². The first kappa shape index (κ1) is 18.1. The first-order valence-electron chi connectivity index (χ1n) is 8.97. The summed E-state index contributed by atoms with van der Waals surface area (Å²) in [5.74, 6) is 0.189. The number of hydrogen-bond donors (Lipinski definition) is 0. The fourth-order valence-corrected chi connectivity index (χ4v) is 3.66. The molecule has 2 aliphatic rings. The van der Waals surface area contributed by atoms with Crippen LogP contribution >= 0.6 is 11.6 Å². The molecule has 3 rings (SSSR count). The number of likely N-dealkylation sites (tertiary alicyclic amines) is 1. The van der Waals surface area contributed by atoms with Crippen molar-refractivity contribution in [2.75, 3.05) is 39.3 Å². The minimum atomic E-state index is -0.0280. The Bertz CT molecular complexity index is 614. The second-order valence-corrected chi connectivity index (χ2v) is 7.26. The molecule has 0 radical (unpaired) electrons. The number of halogens is 1. The van der Waals surface area contributed by atoms with E-state index in [0.29, 0.717) is 36.4 Å². The second-order valence-electron chi connectivity index (χ2n) is 6.87. The Morgan fingerprint density at radius 2 is 1.92 bits per heavy atom. The Hall–Kier alpha value is -1.66. The highest BCUT2D eigenvalue weighted by Gasteiger charge is 2.27. The van der Waals surface area contributed by atoms with Gasteiger partial charge in [-0.15, -0.1) is 0 Å². The number of nitrogens with zero attached hydrogens (tertiary/aromatic N) is 4. The molecule has 1 aromatic rings. The fraction of sp³-hybridized carbons (Fsp3) is 0.611. The van der Waals surface area contributed by atoms with Gasteiger partial charge in [-0.25, -0.2) is 4.98 Å². The van der Waals surface area contributed by atoms with Gasteiger partial charge in [-0.2, -0.15) is 0 Å². The van der Waals surface area contributed by atoms with Gasteiger partial charge in [-0.1, -0.05) is 11.6 Å². The van der Waals surface area contributed by atoms with Gasteiger partial charge in [0, 0.05) is 45.0 Å². The molecule has 136 valence electrons. The molecular weight excluding hydrogens is 340 g/mol. The predicted molar refractivity (Wildman–Crippen MR) is 96.6 cm³/mol. The molecule has 0 spiro atoms. The molecule has 3 heterocycles. The molecule has 2 saturated heterocycles. The molecule has 0 aromatic carbocycles. The van der Waals surface area contributed by atoms with Crippen molar-refractivity contribution >= 4 is 23.4 Å². The predicted octanol–water partition coefficient (Wildman–Crippen LogP) is 1.89. The smallest absolute Gasteiger partial charge is 0.255 e. The fourth-order valence-electron chi connectivity index (χ4n) is 3.54. The van der Waals surface area contributed by atoms with Crippen LogP contribution in [-0.2, 0) is 4.79 Å². The average Bonchev–Trinajstić information content (AvgIpc) is 2.63. The minimum absolute atomic E-state index is 0.0280. The molecule has 0 saturated carbocycles. The van der Waals surface area contributed by atoms with Crippen LogP contribution in [0.1, 0.15) is 36.5 Å². The standard InChI is InChI=1S/C18H25ClN4O2/c1-14-4-2-3-7-23(14)17(24)13-21-8-10-22(11-9-21)18(25)15-5-6-16(19)20-12-15/h5-6,12,14H,2-4,7-11,13H2,1H3. The first-order valence-corrected chi connectivity index (χ1v) is 9.35. The number of amides is 2. The number of piperazine rings is 1. The van der Waals surface area contributed by atoms with Crippen LogP contribution in [0.15, 0.2) is 18.3 Å². The molecule has 1 unspecified atom stereocenters. The lowest BCUT2D eigenvalue weighted by atomic mass is 10.0. The topological polar surface area (TPSA) is 56.8 Å². The lowest BCUT2D eigenvalue weighted by molar-refractivity contribution is -0.136. The molecule has 6 nitrogen and oxygen atoms in total. The van der Waals surface area contributed by atoms with E-state index in [1.165, 1.54) is 12.6 Å². The maximum Gasteiger partial charge on any atom is 0.255 e. The zero-order valence-corrected chi connectivity index (χ0v) is 15.4. The van der Waals surface area contributed by atoms with Gasteiger partial charge in [0.1, 0.15) is 5.15 Å². The summed E-state index contributed by atoms with van der Waals surface area (Å²) in [6.45, 7) is 6.17. The van der Waals surface area contributed by atoms with Crippen molar-refractivity contribution in [2.45, 2.75) is 32.2 Å². The van der Waals surface area contributed by atoms with Gasteiger partial charge in [-0.05, 0) is 38.3 Å². The van der Waals surface area contributed by atoms with E-state index in [9.17, 15) is 9.59 Å². The Labute approximate surface area is 153 Å². The largest absolute Gasteiger partial charge is 0.339 e. The lowest BCUT2D eigenvalue weighted by Crippen LogP contribution is -2.53. The SMILES string of the molecule is CC1CCCCN1C(=O)CN1CCN(C(=O)c2ccc(Cl)nc2)CC1. The van der Waals surface area contributed by atoms with E-state index in [0.717, 1.165) is 32.5 Å². The molecule has 7 heteroatoms. The number of hydrogen-bond acceptors (Lipinski definition) is 4. The van der Waals surface area contributed by atoms with E-state index in [1.807, 2.05) is 9.80 Å². The third kappa shape index (κ3) is 4.50. The monoisotopic (exact) mass is 364 g/mol. The molecular formula is C18H25ClN4O2. The van der Waals surface area contributed by atoms with Gasteiger partial charge in [0.05, 0.1) is 12.1 Å². The number of aromatic nitrogens is 1. The minimum Gasteiger partial charge on any atom is -0.339 e. The molecule has 2 aliphatic heterocycles. The van der Waals surface area contributed by atoms with Crippen molar-refractivity contribution in [3.63, 3.8) is 0 Å². The molecule has 2 amide bonds. The van der Waals surface area contributed by atoms with Crippen molar-refractivity contribution in [3.05, 3.63) is 29.0 Å². The summed E-state index contributed by atoms with van der Waals surface area (Å²) in [5, 5.41) is 0.381. The van der Waals surface area contributed by atoms with Crippen molar-refractivity contribution in [1.29, 1.82) is 0 Å². The van der Waals surface area contributed by atoms with E-state index < -0.39 is 0 Å². The molecule has 1 aromatic heterocycles. The number of carbonyl (C=O) groups is 2. The van der Waals surface area contributed by atoms with Crippen molar-refractivity contribution in [1.82, 2.24) is 19.7 Å². The third-order valence-electron chi connectivity index (χ3n) is 5.12. The number of pyridine rings is 1. The van der Waals surface area contributed by atoms with E-state index in [1.54, 1.807) is 12.1 Å². The van der Waals surface area contributed by atoms with Crippen LogP contribution in [-0.4, -0.2) is 76.8 Å².